The molecule has 2 aromatic carbocycles. The maximum atomic E-state index is 13.0. The number of anilines is 1. The van der Waals surface area contributed by atoms with Crippen LogP contribution in [0.25, 0.3) is 5.69 Å². The number of nitrogens with zero attached hydrogens (tertiary/aromatic N) is 4. The zero-order valence-corrected chi connectivity index (χ0v) is 20.1. The van der Waals surface area contributed by atoms with Crippen molar-refractivity contribution in [1.82, 2.24) is 19.6 Å². The van der Waals surface area contributed by atoms with Crippen LogP contribution in [-0.2, 0) is 11.8 Å². The highest BCUT2D eigenvalue weighted by molar-refractivity contribution is 8.00. The number of carbonyl (C=O) groups is 1. The van der Waals surface area contributed by atoms with Crippen molar-refractivity contribution in [3.05, 3.63) is 76.5 Å². The molecule has 1 aliphatic heterocycles. The molecule has 0 spiro atoms. The first-order valence-electron chi connectivity index (χ1n) is 11.0. The van der Waals surface area contributed by atoms with Crippen LogP contribution in [0.5, 0.6) is 11.5 Å². The molecule has 10 nitrogen and oxygen atoms in total. The molecule has 1 amide bonds. The van der Waals surface area contributed by atoms with Gasteiger partial charge in [-0.05, 0) is 38.1 Å². The van der Waals surface area contributed by atoms with Crippen LogP contribution in [0.2, 0.25) is 0 Å². The Hall–Kier alpha value is -3.99. The molecule has 3 heterocycles. The summed E-state index contributed by atoms with van der Waals surface area (Å²) < 4.78 is 20.5. The van der Waals surface area contributed by atoms with Crippen molar-refractivity contribution in [2.24, 2.45) is 7.05 Å². The van der Waals surface area contributed by atoms with Crippen LogP contribution in [0, 0.1) is 6.92 Å². The number of aromatic nitrogens is 4. The third-order valence-electron chi connectivity index (χ3n) is 5.66. The van der Waals surface area contributed by atoms with Crippen molar-refractivity contribution < 1.29 is 18.7 Å². The average Bonchev–Trinajstić information content (AvgIpc) is 3.42. The summed E-state index contributed by atoms with van der Waals surface area (Å²) in [6, 6.07) is 16.6. The van der Waals surface area contributed by atoms with Crippen LogP contribution in [0.3, 0.4) is 0 Å². The smallest absolute Gasteiger partial charge is 0.295 e. The summed E-state index contributed by atoms with van der Waals surface area (Å²) in [5.74, 6) is 1.17. The second kappa shape index (κ2) is 9.34. The molecule has 0 aliphatic carbocycles. The lowest BCUT2D eigenvalue weighted by Gasteiger charge is -2.23. The van der Waals surface area contributed by atoms with E-state index < -0.39 is 11.4 Å². The van der Waals surface area contributed by atoms with Gasteiger partial charge in [0.1, 0.15) is 12.3 Å². The number of rotatable bonds is 6. The lowest BCUT2D eigenvalue weighted by atomic mass is 10.2. The molecule has 1 N–H and O–H groups in total. The first-order chi connectivity index (χ1) is 16.9. The predicted molar refractivity (Wildman–Crippen MR) is 129 cm³/mol. The largest absolute Gasteiger partial charge is 0.485 e. The summed E-state index contributed by atoms with van der Waals surface area (Å²) in [4.78, 5) is 25.9. The quantitative estimate of drug-likeness (QED) is 0.406. The number of para-hydroxylation sites is 3. The normalized spacial score (nSPS) is 15.6. The molecule has 5 rings (SSSR count). The number of hydrogen-bond donors (Lipinski definition) is 1. The average molecular weight is 494 g/mol. The fourth-order valence-electron chi connectivity index (χ4n) is 3.68. The van der Waals surface area contributed by atoms with Gasteiger partial charge in [-0.3, -0.25) is 14.3 Å². The summed E-state index contributed by atoms with van der Waals surface area (Å²) in [6.07, 6.45) is -0.542. The first-order valence-corrected chi connectivity index (χ1v) is 11.8. The number of amides is 1. The summed E-state index contributed by atoms with van der Waals surface area (Å²) in [5.41, 5.74) is 1.27. The summed E-state index contributed by atoms with van der Waals surface area (Å²) in [6.45, 7) is 3.72. The standard InChI is InChI=1S/C24H23N5O5S/c1-14-20(23(31)29(28(14)3)16-9-5-4-6-10-16)25-21(30)15(2)35-24-27-26-22(34-24)19-13-32-17-11-7-8-12-18(17)33-19/h4-12,15,19H,13H2,1-3H3,(H,25,30)/t15-,19-/m0/s1. The third-order valence-corrected chi connectivity index (χ3v) is 6.59. The fourth-order valence-corrected chi connectivity index (χ4v) is 4.37. The molecular weight excluding hydrogens is 470 g/mol. The Morgan fingerprint density at radius 1 is 1.11 bits per heavy atom. The van der Waals surface area contributed by atoms with E-state index in [1.807, 2.05) is 48.5 Å². The summed E-state index contributed by atoms with van der Waals surface area (Å²) in [7, 11) is 1.77. The molecule has 4 aromatic rings. The lowest BCUT2D eigenvalue weighted by Crippen LogP contribution is -2.27. The molecule has 11 heteroatoms. The summed E-state index contributed by atoms with van der Waals surface area (Å²) in [5, 5.41) is 10.5. The van der Waals surface area contributed by atoms with Crippen molar-refractivity contribution in [2.75, 3.05) is 11.9 Å². The highest BCUT2D eigenvalue weighted by atomic mass is 32.2. The molecule has 0 saturated carbocycles. The van der Waals surface area contributed by atoms with Crippen LogP contribution >= 0.6 is 11.8 Å². The van der Waals surface area contributed by atoms with Gasteiger partial charge >= 0.3 is 0 Å². The Balaban J connectivity index is 1.27. The number of thioether (sulfide) groups is 1. The molecular formula is C24H23N5O5S. The number of ether oxygens (including phenoxy) is 2. The number of benzene rings is 2. The van der Waals surface area contributed by atoms with Gasteiger partial charge in [0.2, 0.25) is 12.0 Å². The fraction of sp³-hybridized carbons (Fsp3) is 0.250. The van der Waals surface area contributed by atoms with Gasteiger partial charge in [-0.2, -0.15) is 0 Å². The highest BCUT2D eigenvalue weighted by Crippen LogP contribution is 2.36. The van der Waals surface area contributed by atoms with Crippen LogP contribution in [0.15, 0.2) is 69.0 Å². The van der Waals surface area contributed by atoms with Crippen molar-refractivity contribution in [2.45, 2.75) is 30.4 Å². The van der Waals surface area contributed by atoms with Gasteiger partial charge in [0, 0.05) is 7.05 Å². The van der Waals surface area contributed by atoms with Crippen LogP contribution in [0.4, 0.5) is 5.69 Å². The van der Waals surface area contributed by atoms with Gasteiger partial charge in [-0.15, -0.1) is 10.2 Å². The maximum absolute atomic E-state index is 13.0. The van der Waals surface area contributed by atoms with E-state index in [0.717, 1.165) is 11.8 Å². The van der Waals surface area contributed by atoms with Crippen LogP contribution < -0.4 is 20.3 Å². The van der Waals surface area contributed by atoms with E-state index in [1.54, 1.807) is 31.6 Å². The molecule has 2 atom stereocenters. The SMILES string of the molecule is Cc1c(NC(=O)[C@H](C)Sc2nnc([C@@H]3COc4ccccc4O3)o2)c(=O)n(-c2ccccc2)n1C. The Kier molecular flexibility index (Phi) is 6.08. The van der Waals surface area contributed by atoms with E-state index in [-0.39, 0.29) is 34.9 Å². The number of nitrogens with one attached hydrogen (secondary N) is 1. The van der Waals surface area contributed by atoms with Crippen molar-refractivity contribution in [3.8, 4) is 17.2 Å². The van der Waals surface area contributed by atoms with Gasteiger partial charge in [0.15, 0.2) is 11.5 Å². The van der Waals surface area contributed by atoms with Crippen molar-refractivity contribution in [1.29, 1.82) is 0 Å². The number of fused-ring (bicyclic) bond motifs is 1. The van der Waals surface area contributed by atoms with Gasteiger partial charge < -0.3 is 19.2 Å². The van der Waals surface area contributed by atoms with E-state index in [2.05, 4.69) is 15.5 Å². The van der Waals surface area contributed by atoms with Crippen LogP contribution in [-0.4, -0.2) is 37.3 Å². The second-order valence-corrected chi connectivity index (χ2v) is 9.25. The van der Waals surface area contributed by atoms with E-state index in [9.17, 15) is 9.59 Å². The molecule has 2 aromatic heterocycles. The van der Waals surface area contributed by atoms with Crippen molar-refractivity contribution >= 4 is 23.4 Å². The maximum Gasteiger partial charge on any atom is 0.295 e. The minimum absolute atomic E-state index is 0.219. The van der Waals surface area contributed by atoms with Crippen molar-refractivity contribution in [3.63, 3.8) is 0 Å². The molecule has 180 valence electrons. The zero-order chi connectivity index (χ0) is 24.5. The predicted octanol–water partition coefficient (Wildman–Crippen LogP) is 3.50. The van der Waals surface area contributed by atoms with Crippen LogP contribution in [0.1, 0.15) is 24.6 Å². The van der Waals surface area contributed by atoms with Gasteiger partial charge in [0.25, 0.3) is 16.7 Å². The third kappa shape index (κ3) is 4.42. The molecule has 0 radical (unpaired) electrons. The van der Waals surface area contributed by atoms with E-state index in [4.69, 9.17) is 13.9 Å². The molecule has 0 saturated heterocycles. The lowest BCUT2D eigenvalue weighted by molar-refractivity contribution is -0.115. The first kappa shape index (κ1) is 22.8. The van der Waals surface area contributed by atoms with Gasteiger partial charge in [0.05, 0.1) is 16.6 Å². The monoisotopic (exact) mass is 493 g/mol. The van der Waals surface area contributed by atoms with E-state index in [1.165, 1.54) is 4.68 Å². The summed E-state index contributed by atoms with van der Waals surface area (Å²) >= 11 is 1.10. The van der Waals surface area contributed by atoms with E-state index >= 15 is 0 Å². The minimum Gasteiger partial charge on any atom is -0.485 e. The minimum atomic E-state index is -0.600. The Morgan fingerprint density at radius 3 is 2.60 bits per heavy atom. The molecule has 1 aliphatic rings. The molecule has 0 fully saturated rings. The Labute approximate surface area is 204 Å². The number of hydrogen-bond acceptors (Lipinski definition) is 8. The van der Waals surface area contributed by atoms with Gasteiger partial charge in [-0.25, -0.2) is 4.68 Å². The number of carbonyl (C=O) groups excluding carboxylic acids is 1. The molecule has 0 bridgehead atoms. The topological polar surface area (TPSA) is 113 Å². The molecule has 0 unspecified atom stereocenters. The Morgan fingerprint density at radius 2 is 1.83 bits per heavy atom. The second-order valence-electron chi connectivity index (χ2n) is 7.96. The Bertz CT molecular complexity index is 1430. The van der Waals surface area contributed by atoms with E-state index in [0.29, 0.717) is 22.9 Å². The highest BCUT2D eigenvalue weighted by Gasteiger charge is 2.29. The molecule has 35 heavy (non-hydrogen) atoms. The zero-order valence-electron chi connectivity index (χ0n) is 19.3. The van der Waals surface area contributed by atoms with Gasteiger partial charge in [-0.1, -0.05) is 42.1 Å².